The summed E-state index contributed by atoms with van der Waals surface area (Å²) in [6.07, 6.45) is 1.20. The van der Waals surface area contributed by atoms with Crippen LogP contribution in [0.25, 0.3) is 0 Å². The van der Waals surface area contributed by atoms with Gasteiger partial charge in [-0.2, -0.15) is 0 Å². The summed E-state index contributed by atoms with van der Waals surface area (Å²) in [6, 6.07) is 5.41. The van der Waals surface area contributed by atoms with Gasteiger partial charge in [0.2, 0.25) is 0 Å². The van der Waals surface area contributed by atoms with Gasteiger partial charge >= 0.3 is 5.97 Å². The van der Waals surface area contributed by atoms with Gasteiger partial charge in [-0.3, -0.25) is 4.79 Å². The molecule has 1 atom stereocenters. The maximum atomic E-state index is 10.5. The lowest BCUT2D eigenvalue weighted by molar-refractivity contribution is -0.138. The van der Waals surface area contributed by atoms with Crippen molar-refractivity contribution in [3.8, 4) is 0 Å². The average Bonchev–Trinajstić information content (AvgIpc) is 2.19. The normalized spacial score (nSPS) is 12.5. The molecule has 3 N–H and O–H groups in total. The Morgan fingerprint density at radius 1 is 1.40 bits per heavy atom. The smallest absolute Gasteiger partial charge is 0.320 e. The van der Waals surface area contributed by atoms with E-state index >= 15 is 0 Å². The van der Waals surface area contributed by atoms with Crippen LogP contribution in [0.15, 0.2) is 18.2 Å². The third kappa shape index (κ3) is 3.36. The van der Waals surface area contributed by atoms with Crippen molar-refractivity contribution in [3.05, 3.63) is 34.9 Å². The van der Waals surface area contributed by atoms with Crippen molar-refractivity contribution in [3.63, 3.8) is 0 Å². The van der Waals surface area contributed by atoms with Crippen molar-refractivity contribution in [1.82, 2.24) is 0 Å². The topological polar surface area (TPSA) is 63.3 Å². The van der Waals surface area contributed by atoms with Gasteiger partial charge in [-0.05, 0) is 43.4 Å². The summed E-state index contributed by atoms with van der Waals surface area (Å²) in [4.78, 5) is 10.5. The number of aliphatic carboxylic acids is 1. The Kier molecular flexibility index (Phi) is 3.86. The van der Waals surface area contributed by atoms with Gasteiger partial charge < -0.3 is 10.8 Å². The summed E-state index contributed by atoms with van der Waals surface area (Å²) < 4.78 is 0. The van der Waals surface area contributed by atoms with E-state index in [1.54, 1.807) is 0 Å². The standard InChI is InChI=1S/C12H17NO2/c1-8-3-4-10(7-9(8)2)5-6-11(13)12(14)15/h3-4,7,11H,5-6,13H2,1-2H3,(H,14,15). The van der Waals surface area contributed by atoms with E-state index in [-0.39, 0.29) is 0 Å². The average molecular weight is 207 g/mol. The molecule has 3 heteroatoms. The highest BCUT2D eigenvalue weighted by molar-refractivity contribution is 5.73. The monoisotopic (exact) mass is 207 g/mol. The highest BCUT2D eigenvalue weighted by atomic mass is 16.4. The molecule has 0 aliphatic rings. The predicted octanol–water partition coefficient (Wildman–Crippen LogP) is 1.65. The number of hydrogen-bond acceptors (Lipinski definition) is 2. The number of hydrogen-bond donors (Lipinski definition) is 2. The molecule has 0 aromatic heterocycles. The zero-order valence-corrected chi connectivity index (χ0v) is 9.16. The summed E-state index contributed by atoms with van der Waals surface area (Å²) in [5, 5.41) is 8.63. The molecule has 1 rings (SSSR count). The molecule has 0 heterocycles. The molecule has 15 heavy (non-hydrogen) atoms. The first-order valence-electron chi connectivity index (χ1n) is 5.05. The molecular weight excluding hydrogens is 190 g/mol. The molecule has 3 nitrogen and oxygen atoms in total. The molecule has 0 amide bonds. The highest BCUT2D eigenvalue weighted by Crippen LogP contribution is 2.11. The van der Waals surface area contributed by atoms with Gasteiger partial charge in [0.05, 0.1) is 0 Å². The number of nitrogens with two attached hydrogens (primary N) is 1. The van der Waals surface area contributed by atoms with E-state index in [0.717, 1.165) is 5.56 Å². The van der Waals surface area contributed by atoms with Gasteiger partial charge in [0, 0.05) is 0 Å². The molecule has 0 aliphatic heterocycles. The minimum Gasteiger partial charge on any atom is -0.480 e. The van der Waals surface area contributed by atoms with Gasteiger partial charge in [-0.25, -0.2) is 0 Å². The molecule has 1 unspecified atom stereocenters. The van der Waals surface area contributed by atoms with E-state index in [0.29, 0.717) is 12.8 Å². The van der Waals surface area contributed by atoms with Crippen LogP contribution in [0.4, 0.5) is 0 Å². The molecule has 1 aromatic carbocycles. The van der Waals surface area contributed by atoms with Crippen LogP contribution in [0, 0.1) is 13.8 Å². The molecule has 0 saturated carbocycles. The second-order valence-corrected chi connectivity index (χ2v) is 3.90. The summed E-state index contributed by atoms with van der Waals surface area (Å²) >= 11 is 0. The number of carboxylic acid groups (broad SMARTS) is 1. The van der Waals surface area contributed by atoms with Gasteiger partial charge in [-0.1, -0.05) is 18.2 Å². The first kappa shape index (κ1) is 11.7. The second kappa shape index (κ2) is 4.94. The van der Waals surface area contributed by atoms with E-state index < -0.39 is 12.0 Å². The Labute approximate surface area is 89.9 Å². The Hall–Kier alpha value is -1.35. The molecule has 0 aliphatic carbocycles. The van der Waals surface area contributed by atoms with E-state index in [1.807, 2.05) is 6.07 Å². The summed E-state index contributed by atoms with van der Waals surface area (Å²) in [5.74, 6) is -0.932. The molecule has 0 radical (unpaired) electrons. The van der Waals surface area contributed by atoms with E-state index in [4.69, 9.17) is 10.8 Å². The summed E-state index contributed by atoms with van der Waals surface area (Å²) in [5.41, 5.74) is 9.06. The first-order chi connectivity index (χ1) is 7.00. The van der Waals surface area contributed by atoms with Crippen molar-refractivity contribution in [2.45, 2.75) is 32.7 Å². The van der Waals surface area contributed by atoms with Crippen molar-refractivity contribution in [2.24, 2.45) is 5.73 Å². The predicted molar refractivity (Wildman–Crippen MR) is 59.8 cm³/mol. The van der Waals surface area contributed by atoms with Crippen molar-refractivity contribution >= 4 is 5.97 Å². The lowest BCUT2D eigenvalue weighted by Gasteiger charge is -2.07. The lowest BCUT2D eigenvalue weighted by atomic mass is 10.0. The van der Waals surface area contributed by atoms with Gasteiger partial charge in [0.25, 0.3) is 0 Å². The second-order valence-electron chi connectivity index (χ2n) is 3.90. The number of carboxylic acids is 1. The Morgan fingerprint density at radius 3 is 2.60 bits per heavy atom. The number of aryl methyl sites for hydroxylation is 3. The van der Waals surface area contributed by atoms with E-state index in [1.165, 1.54) is 11.1 Å². The number of benzene rings is 1. The Morgan fingerprint density at radius 2 is 2.07 bits per heavy atom. The maximum Gasteiger partial charge on any atom is 0.320 e. The number of rotatable bonds is 4. The van der Waals surface area contributed by atoms with Crippen LogP contribution in [0.5, 0.6) is 0 Å². The van der Waals surface area contributed by atoms with Crippen molar-refractivity contribution in [2.75, 3.05) is 0 Å². The fourth-order valence-electron chi connectivity index (χ4n) is 1.40. The van der Waals surface area contributed by atoms with Gasteiger partial charge in [-0.15, -0.1) is 0 Å². The van der Waals surface area contributed by atoms with Gasteiger partial charge in [0.1, 0.15) is 6.04 Å². The SMILES string of the molecule is Cc1ccc(CCC(N)C(=O)O)cc1C. The third-order valence-electron chi connectivity index (χ3n) is 2.63. The fraction of sp³-hybridized carbons (Fsp3) is 0.417. The summed E-state index contributed by atoms with van der Waals surface area (Å²) in [6.45, 7) is 4.11. The van der Waals surface area contributed by atoms with Crippen LogP contribution in [0.1, 0.15) is 23.1 Å². The van der Waals surface area contributed by atoms with Crippen LogP contribution < -0.4 is 5.73 Å². The van der Waals surface area contributed by atoms with Crippen molar-refractivity contribution < 1.29 is 9.90 Å². The lowest BCUT2D eigenvalue weighted by Crippen LogP contribution is -2.30. The quantitative estimate of drug-likeness (QED) is 0.789. The van der Waals surface area contributed by atoms with E-state index in [2.05, 4.69) is 26.0 Å². The molecule has 0 fully saturated rings. The van der Waals surface area contributed by atoms with Crippen LogP contribution in [0.2, 0.25) is 0 Å². The molecule has 82 valence electrons. The van der Waals surface area contributed by atoms with Crippen LogP contribution >= 0.6 is 0 Å². The minimum atomic E-state index is -0.932. The highest BCUT2D eigenvalue weighted by Gasteiger charge is 2.10. The molecule has 0 bridgehead atoms. The van der Waals surface area contributed by atoms with Gasteiger partial charge in [0.15, 0.2) is 0 Å². The minimum absolute atomic E-state index is 0.484. The first-order valence-corrected chi connectivity index (χ1v) is 5.05. The van der Waals surface area contributed by atoms with Crippen LogP contribution in [-0.4, -0.2) is 17.1 Å². The number of carbonyl (C=O) groups is 1. The van der Waals surface area contributed by atoms with Crippen LogP contribution in [-0.2, 0) is 11.2 Å². The summed E-state index contributed by atoms with van der Waals surface area (Å²) in [7, 11) is 0. The zero-order valence-electron chi connectivity index (χ0n) is 9.16. The Bertz CT molecular complexity index is 361. The molecule has 0 spiro atoms. The molecular formula is C12H17NO2. The molecule has 1 aromatic rings. The fourth-order valence-corrected chi connectivity index (χ4v) is 1.40. The van der Waals surface area contributed by atoms with Crippen molar-refractivity contribution in [1.29, 1.82) is 0 Å². The Balaban J connectivity index is 2.58. The van der Waals surface area contributed by atoms with E-state index in [9.17, 15) is 4.79 Å². The van der Waals surface area contributed by atoms with Crippen LogP contribution in [0.3, 0.4) is 0 Å². The largest absolute Gasteiger partial charge is 0.480 e. The maximum absolute atomic E-state index is 10.5. The molecule has 0 saturated heterocycles. The zero-order chi connectivity index (χ0) is 11.4. The third-order valence-corrected chi connectivity index (χ3v) is 2.63.